The van der Waals surface area contributed by atoms with Crippen LogP contribution in [-0.4, -0.2) is 38.7 Å². The van der Waals surface area contributed by atoms with Crippen molar-refractivity contribution in [3.05, 3.63) is 54.6 Å². The quantitative estimate of drug-likeness (QED) is 0.616. The molecule has 2 fully saturated rings. The number of nitrogens with one attached hydrogen (secondary N) is 1. The van der Waals surface area contributed by atoms with Crippen LogP contribution in [0.25, 0.3) is 11.4 Å². The topological polar surface area (TPSA) is 75.9 Å². The van der Waals surface area contributed by atoms with Crippen LogP contribution in [0.3, 0.4) is 0 Å². The molecule has 7 heteroatoms. The number of aromatic nitrogens is 4. The number of anilines is 2. The third kappa shape index (κ3) is 4.45. The Morgan fingerprint density at radius 2 is 1.71 bits per heavy atom. The Balaban J connectivity index is 1.26. The number of benzene rings is 2. The van der Waals surface area contributed by atoms with Crippen molar-refractivity contribution in [1.29, 1.82) is 0 Å². The molecule has 160 valence electrons. The van der Waals surface area contributed by atoms with Crippen LogP contribution in [0.15, 0.2) is 54.6 Å². The molecule has 0 unspecified atom stereocenters. The number of carbonyl (C=O) groups excluding carboxylic acids is 1. The molecule has 2 saturated carbocycles. The number of hydrogen-bond donors (Lipinski definition) is 1. The Morgan fingerprint density at radius 1 is 0.968 bits per heavy atom. The summed E-state index contributed by atoms with van der Waals surface area (Å²) >= 11 is 0. The van der Waals surface area contributed by atoms with E-state index >= 15 is 0 Å². The van der Waals surface area contributed by atoms with E-state index < -0.39 is 0 Å². The van der Waals surface area contributed by atoms with Crippen LogP contribution in [0.2, 0.25) is 0 Å². The van der Waals surface area contributed by atoms with Gasteiger partial charge in [0.2, 0.25) is 5.91 Å². The number of hydrogen-bond acceptors (Lipinski definition) is 5. The van der Waals surface area contributed by atoms with E-state index in [1.807, 2.05) is 64.2 Å². The van der Waals surface area contributed by atoms with Gasteiger partial charge in [0.05, 0.1) is 12.6 Å². The predicted octanol–water partition coefficient (Wildman–Crippen LogP) is 4.45. The van der Waals surface area contributed by atoms with Crippen molar-refractivity contribution in [2.24, 2.45) is 0 Å². The monoisotopic (exact) mass is 416 g/mol. The maximum absolute atomic E-state index is 13.2. The van der Waals surface area contributed by atoms with E-state index in [1.54, 1.807) is 0 Å². The molecule has 2 aromatic carbocycles. The van der Waals surface area contributed by atoms with Gasteiger partial charge in [0.25, 0.3) is 0 Å². The Hall–Kier alpha value is -3.22. The lowest BCUT2D eigenvalue weighted by Gasteiger charge is -2.34. The normalized spacial score (nSPS) is 16.8. The van der Waals surface area contributed by atoms with E-state index in [0.717, 1.165) is 48.4 Å². The van der Waals surface area contributed by atoms with E-state index in [0.29, 0.717) is 6.04 Å². The molecule has 0 aliphatic heterocycles. The van der Waals surface area contributed by atoms with Gasteiger partial charge < -0.3 is 10.2 Å². The Labute approximate surface area is 182 Å². The van der Waals surface area contributed by atoms with E-state index in [1.165, 1.54) is 19.3 Å². The summed E-state index contributed by atoms with van der Waals surface area (Å²) in [7, 11) is 0. The van der Waals surface area contributed by atoms with E-state index in [9.17, 15) is 4.79 Å². The highest BCUT2D eigenvalue weighted by molar-refractivity contribution is 5.96. The zero-order valence-electron chi connectivity index (χ0n) is 17.7. The minimum absolute atomic E-state index is 0.111. The molecule has 2 aliphatic rings. The van der Waals surface area contributed by atoms with E-state index in [4.69, 9.17) is 0 Å². The van der Waals surface area contributed by atoms with Gasteiger partial charge in [0, 0.05) is 23.0 Å². The van der Waals surface area contributed by atoms with Crippen LogP contribution in [0.1, 0.15) is 51.0 Å². The van der Waals surface area contributed by atoms with Crippen LogP contribution in [0.4, 0.5) is 11.4 Å². The SMILES string of the molecule is O=C(CNc1ccc(-c2nnnn2C2CC2)cc1)N(c1ccccc1)C1CCCCC1. The van der Waals surface area contributed by atoms with E-state index in [2.05, 4.69) is 20.8 Å². The summed E-state index contributed by atoms with van der Waals surface area (Å²) in [4.78, 5) is 15.2. The Morgan fingerprint density at radius 3 is 2.42 bits per heavy atom. The molecule has 1 heterocycles. The highest BCUT2D eigenvalue weighted by Crippen LogP contribution is 2.36. The lowest BCUT2D eigenvalue weighted by Crippen LogP contribution is -2.44. The molecule has 1 amide bonds. The van der Waals surface area contributed by atoms with Gasteiger partial charge in [-0.15, -0.1) is 5.10 Å². The summed E-state index contributed by atoms with van der Waals surface area (Å²) in [5.41, 5.74) is 2.89. The van der Waals surface area contributed by atoms with Gasteiger partial charge in [0.1, 0.15) is 0 Å². The molecule has 0 spiro atoms. The first kappa shape index (κ1) is 19.7. The number of carbonyl (C=O) groups is 1. The number of para-hydroxylation sites is 1. The largest absolute Gasteiger partial charge is 0.376 e. The van der Waals surface area contributed by atoms with Gasteiger partial charge in [-0.05, 0) is 72.5 Å². The second-order valence-corrected chi connectivity index (χ2v) is 8.50. The molecular weight excluding hydrogens is 388 g/mol. The van der Waals surface area contributed by atoms with Gasteiger partial charge in [-0.2, -0.15) is 0 Å². The molecule has 5 rings (SSSR count). The third-order valence-corrected chi connectivity index (χ3v) is 6.22. The summed E-state index contributed by atoms with van der Waals surface area (Å²) in [5, 5.41) is 15.4. The van der Waals surface area contributed by atoms with Crippen molar-refractivity contribution in [3.63, 3.8) is 0 Å². The zero-order chi connectivity index (χ0) is 21.0. The molecule has 0 saturated heterocycles. The smallest absolute Gasteiger partial charge is 0.246 e. The number of nitrogens with zero attached hydrogens (tertiary/aromatic N) is 5. The highest BCUT2D eigenvalue weighted by atomic mass is 16.2. The van der Waals surface area contributed by atoms with Crippen LogP contribution < -0.4 is 10.2 Å². The summed E-state index contributed by atoms with van der Waals surface area (Å²) in [6, 6.07) is 18.8. The second kappa shape index (κ2) is 8.88. The van der Waals surface area contributed by atoms with Gasteiger partial charge in [-0.25, -0.2) is 4.68 Å². The molecule has 1 N–H and O–H groups in total. The zero-order valence-corrected chi connectivity index (χ0v) is 17.7. The standard InChI is InChI=1S/C24H28N6O/c31-23(29(20-7-3-1-4-8-20)21-9-5-2-6-10-21)17-25-19-13-11-18(12-14-19)24-26-27-28-30(24)22-15-16-22/h1,3-4,7-8,11-14,21-22,25H,2,5-6,9-10,15-17H2. The molecular formula is C24H28N6O. The fraction of sp³-hybridized carbons (Fsp3) is 0.417. The molecule has 1 aromatic heterocycles. The van der Waals surface area contributed by atoms with Crippen molar-refractivity contribution < 1.29 is 4.79 Å². The summed E-state index contributed by atoms with van der Waals surface area (Å²) in [6.45, 7) is 0.268. The third-order valence-electron chi connectivity index (χ3n) is 6.22. The van der Waals surface area contributed by atoms with Crippen molar-refractivity contribution >= 4 is 17.3 Å². The summed E-state index contributed by atoms with van der Waals surface area (Å²) in [6.07, 6.45) is 8.07. The number of tetrazole rings is 1. The van der Waals surface area contributed by atoms with E-state index in [-0.39, 0.29) is 18.5 Å². The van der Waals surface area contributed by atoms with Crippen molar-refractivity contribution in [2.75, 3.05) is 16.8 Å². The Kier molecular flexibility index (Phi) is 5.65. The van der Waals surface area contributed by atoms with Gasteiger partial charge >= 0.3 is 0 Å². The minimum Gasteiger partial charge on any atom is -0.376 e. The summed E-state index contributed by atoms with van der Waals surface area (Å²) in [5.74, 6) is 0.914. The van der Waals surface area contributed by atoms with Gasteiger partial charge in [0.15, 0.2) is 5.82 Å². The minimum atomic E-state index is 0.111. The van der Waals surface area contributed by atoms with Crippen LogP contribution in [-0.2, 0) is 4.79 Å². The average Bonchev–Trinajstić information content (AvgIpc) is 3.56. The van der Waals surface area contributed by atoms with Crippen molar-refractivity contribution in [1.82, 2.24) is 20.2 Å². The summed E-state index contributed by atoms with van der Waals surface area (Å²) < 4.78 is 1.91. The molecule has 0 atom stereocenters. The van der Waals surface area contributed by atoms with Crippen LogP contribution >= 0.6 is 0 Å². The average molecular weight is 417 g/mol. The van der Waals surface area contributed by atoms with Crippen LogP contribution in [0.5, 0.6) is 0 Å². The molecule has 3 aromatic rings. The fourth-order valence-corrected chi connectivity index (χ4v) is 4.43. The first-order valence-corrected chi connectivity index (χ1v) is 11.3. The Bertz CT molecular complexity index is 1010. The first-order valence-electron chi connectivity index (χ1n) is 11.3. The molecule has 31 heavy (non-hydrogen) atoms. The molecule has 0 bridgehead atoms. The molecule has 7 nitrogen and oxygen atoms in total. The lowest BCUT2D eigenvalue weighted by molar-refractivity contribution is -0.117. The first-order chi connectivity index (χ1) is 15.3. The second-order valence-electron chi connectivity index (χ2n) is 8.50. The van der Waals surface area contributed by atoms with Gasteiger partial charge in [-0.3, -0.25) is 4.79 Å². The molecule has 0 radical (unpaired) electrons. The maximum atomic E-state index is 13.2. The maximum Gasteiger partial charge on any atom is 0.246 e. The number of amides is 1. The van der Waals surface area contributed by atoms with Crippen molar-refractivity contribution in [3.8, 4) is 11.4 Å². The van der Waals surface area contributed by atoms with Crippen molar-refractivity contribution in [2.45, 2.75) is 57.0 Å². The number of rotatable bonds is 7. The highest BCUT2D eigenvalue weighted by Gasteiger charge is 2.28. The fourth-order valence-electron chi connectivity index (χ4n) is 4.43. The van der Waals surface area contributed by atoms with Crippen LogP contribution in [0, 0.1) is 0 Å². The predicted molar refractivity (Wildman–Crippen MR) is 121 cm³/mol. The van der Waals surface area contributed by atoms with Gasteiger partial charge in [-0.1, -0.05) is 37.5 Å². The molecule has 2 aliphatic carbocycles. The lowest BCUT2D eigenvalue weighted by atomic mass is 9.93.